The summed E-state index contributed by atoms with van der Waals surface area (Å²) in [5.41, 5.74) is 4.59. The second-order valence-corrected chi connectivity index (χ2v) is 7.34. The van der Waals surface area contributed by atoms with Crippen LogP contribution in [-0.2, 0) is 23.1 Å². The lowest BCUT2D eigenvalue weighted by atomic mass is 10.1. The van der Waals surface area contributed by atoms with E-state index in [-0.39, 0.29) is 12.5 Å². The number of methoxy groups -OCH3 is 1. The number of ether oxygens (including phenoxy) is 1. The molecule has 1 amide bonds. The SMILES string of the molecule is CNc1nc2nc(-c3ccc(CNC(=O)COC)cc3)sc2c2c1ncn2C. The van der Waals surface area contributed by atoms with Gasteiger partial charge in [-0.2, -0.15) is 0 Å². The summed E-state index contributed by atoms with van der Waals surface area (Å²) < 4.78 is 7.82. The van der Waals surface area contributed by atoms with Crippen LogP contribution in [0.25, 0.3) is 32.0 Å². The number of fused-ring (bicyclic) bond motifs is 3. The maximum absolute atomic E-state index is 11.5. The molecule has 2 N–H and O–H groups in total. The summed E-state index contributed by atoms with van der Waals surface area (Å²) in [6.45, 7) is 0.527. The van der Waals surface area contributed by atoms with E-state index in [0.717, 1.165) is 37.7 Å². The molecule has 0 radical (unpaired) electrons. The standard InChI is InChI=1S/C19H20N6O2S/c1-20-17-14-15(25(2)10-22-14)16-18(23-17)24-19(28-16)12-6-4-11(5-7-12)8-21-13(26)9-27-3/h4-7,10H,8-9H2,1-3H3,(H,20,23)(H,21,26). The third-order valence-electron chi connectivity index (χ3n) is 4.41. The highest BCUT2D eigenvalue weighted by molar-refractivity contribution is 7.22. The molecule has 0 aliphatic heterocycles. The van der Waals surface area contributed by atoms with E-state index >= 15 is 0 Å². The summed E-state index contributed by atoms with van der Waals surface area (Å²) in [5.74, 6) is 0.589. The molecule has 4 aromatic rings. The lowest BCUT2D eigenvalue weighted by Crippen LogP contribution is -2.26. The molecule has 144 valence electrons. The third kappa shape index (κ3) is 3.30. The van der Waals surface area contributed by atoms with Crippen molar-refractivity contribution in [2.45, 2.75) is 6.54 Å². The van der Waals surface area contributed by atoms with E-state index in [4.69, 9.17) is 9.72 Å². The van der Waals surface area contributed by atoms with E-state index in [2.05, 4.69) is 20.6 Å². The van der Waals surface area contributed by atoms with E-state index in [1.54, 1.807) is 17.7 Å². The lowest BCUT2D eigenvalue weighted by molar-refractivity contribution is -0.124. The first kappa shape index (κ1) is 18.3. The maximum atomic E-state index is 11.5. The zero-order valence-corrected chi connectivity index (χ0v) is 16.6. The molecular formula is C19H20N6O2S. The van der Waals surface area contributed by atoms with Crippen LogP contribution in [0.15, 0.2) is 30.6 Å². The summed E-state index contributed by atoms with van der Waals surface area (Å²) in [5, 5.41) is 6.81. The first-order valence-electron chi connectivity index (χ1n) is 8.75. The normalized spacial score (nSPS) is 11.2. The Morgan fingerprint density at radius 2 is 2.04 bits per heavy atom. The van der Waals surface area contributed by atoms with Crippen molar-refractivity contribution in [3.05, 3.63) is 36.2 Å². The second-order valence-electron chi connectivity index (χ2n) is 6.34. The number of aryl methyl sites for hydroxylation is 1. The van der Waals surface area contributed by atoms with Crippen LogP contribution in [0.3, 0.4) is 0 Å². The molecule has 9 heteroatoms. The Morgan fingerprint density at radius 1 is 1.25 bits per heavy atom. The number of carbonyl (C=O) groups is 1. The van der Waals surface area contributed by atoms with Crippen LogP contribution in [0, 0.1) is 0 Å². The lowest BCUT2D eigenvalue weighted by Gasteiger charge is -2.05. The van der Waals surface area contributed by atoms with Crippen LogP contribution < -0.4 is 10.6 Å². The Balaban J connectivity index is 1.65. The molecule has 0 saturated heterocycles. The minimum absolute atomic E-state index is 0.0634. The number of nitrogens with one attached hydrogen (secondary N) is 2. The summed E-state index contributed by atoms with van der Waals surface area (Å²) in [4.78, 5) is 25.3. The van der Waals surface area contributed by atoms with Crippen LogP contribution in [0.5, 0.6) is 0 Å². The molecule has 0 atom stereocenters. The number of carbonyl (C=O) groups excluding carboxylic acids is 1. The van der Waals surface area contributed by atoms with Gasteiger partial charge in [0.25, 0.3) is 0 Å². The summed E-state index contributed by atoms with van der Waals surface area (Å²) in [7, 11) is 5.31. The third-order valence-corrected chi connectivity index (χ3v) is 5.51. The van der Waals surface area contributed by atoms with Crippen LogP contribution in [0.1, 0.15) is 5.56 Å². The van der Waals surface area contributed by atoms with Gasteiger partial charge in [0.05, 0.1) is 11.8 Å². The Kier molecular flexibility index (Phi) is 4.93. The van der Waals surface area contributed by atoms with E-state index < -0.39 is 0 Å². The number of imidazole rings is 1. The highest BCUT2D eigenvalue weighted by Gasteiger charge is 2.17. The van der Waals surface area contributed by atoms with Gasteiger partial charge in [0.15, 0.2) is 11.5 Å². The highest BCUT2D eigenvalue weighted by Crippen LogP contribution is 2.35. The average Bonchev–Trinajstić information content (AvgIpc) is 3.30. The molecule has 0 aliphatic rings. The number of thiazole rings is 1. The minimum atomic E-state index is -0.135. The van der Waals surface area contributed by atoms with Crippen molar-refractivity contribution in [3.63, 3.8) is 0 Å². The molecule has 0 aliphatic carbocycles. The molecular weight excluding hydrogens is 376 g/mol. The van der Waals surface area contributed by atoms with Crippen molar-refractivity contribution in [3.8, 4) is 10.6 Å². The van der Waals surface area contributed by atoms with Crippen LogP contribution in [0.4, 0.5) is 5.82 Å². The monoisotopic (exact) mass is 396 g/mol. The molecule has 1 aromatic carbocycles. The first-order chi connectivity index (χ1) is 13.6. The molecule has 4 rings (SSSR count). The fraction of sp³-hybridized carbons (Fsp3) is 0.263. The van der Waals surface area contributed by atoms with Gasteiger partial charge in [-0.15, -0.1) is 11.3 Å². The van der Waals surface area contributed by atoms with Gasteiger partial charge in [-0.05, 0) is 5.56 Å². The van der Waals surface area contributed by atoms with Gasteiger partial charge in [-0.25, -0.2) is 15.0 Å². The molecule has 0 fully saturated rings. The minimum Gasteiger partial charge on any atom is -0.375 e. The average molecular weight is 396 g/mol. The molecule has 3 aromatic heterocycles. The number of pyridine rings is 1. The Hall–Kier alpha value is -3.04. The largest absolute Gasteiger partial charge is 0.375 e. The van der Waals surface area contributed by atoms with Crippen molar-refractivity contribution in [1.29, 1.82) is 0 Å². The fourth-order valence-corrected chi connectivity index (χ4v) is 4.12. The number of rotatable bonds is 6. The van der Waals surface area contributed by atoms with E-state index in [9.17, 15) is 4.79 Å². The maximum Gasteiger partial charge on any atom is 0.246 e. The predicted octanol–water partition coefficient (Wildman–Crippen LogP) is 2.55. The first-order valence-corrected chi connectivity index (χ1v) is 9.56. The van der Waals surface area contributed by atoms with Gasteiger partial charge < -0.3 is 19.9 Å². The second kappa shape index (κ2) is 7.53. The summed E-state index contributed by atoms with van der Waals surface area (Å²) >= 11 is 1.60. The molecule has 8 nitrogen and oxygen atoms in total. The van der Waals surface area contributed by atoms with Gasteiger partial charge in [-0.1, -0.05) is 24.3 Å². The van der Waals surface area contributed by atoms with Crippen molar-refractivity contribution >= 4 is 44.4 Å². The molecule has 0 unspecified atom stereocenters. The zero-order chi connectivity index (χ0) is 19.7. The van der Waals surface area contributed by atoms with E-state index in [1.165, 1.54) is 7.11 Å². The number of hydrogen-bond acceptors (Lipinski definition) is 7. The molecule has 3 heterocycles. The Bertz CT molecular complexity index is 1150. The van der Waals surface area contributed by atoms with Crippen molar-refractivity contribution in [2.24, 2.45) is 7.05 Å². The van der Waals surface area contributed by atoms with Gasteiger partial charge in [0, 0.05) is 33.3 Å². The van der Waals surface area contributed by atoms with Crippen LogP contribution in [0.2, 0.25) is 0 Å². The molecule has 0 spiro atoms. The quantitative estimate of drug-likeness (QED) is 0.520. The van der Waals surface area contributed by atoms with Gasteiger partial charge in [0.1, 0.15) is 21.8 Å². The van der Waals surface area contributed by atoms with Crippen LogP contribution >= 0.6 is 11.3 Å². The highest BCUT2D eigenvalue weighted by atomic mass is 32.1. The van der Waals surface area contributed by atoms with Gasteiger partial charge in [0.2, 0.25) is 5.91 Å². The van der Waals surface area contributed by atoms with Crippen LogP contribution in [-0.4, -0.2) is 46.2 Å². The number of hydrogen-bond donors (Lipinski definition) is 2. The zero-order valence-electron chi connectivity index (χ0n) is 15.8. The fourth-order valence-electron chi connectivity index (χ4n) is 3.02. The number of benzene rings is 1. The number of aromatic nitrogens is 4. The predicted molar refractivity (Wildman–Crippen MR) is 110 cm³/mol. The van der Waals surface area contributed by atoms with E-state index in [1.807, 2.05) is 42.9 Å². The molecule has 28 heavy (non-hydrogen) atoms. The number of nitrogens with zero attached hydrogens (tertiary/aromatic N) is 4. The van der Waals surface area contributed by atoms with Crippen molar-refractivity contribution in [1.82, 2.24) is 24.8 Å². The smallest absolute Gasteiger partial charge is 0.246 e. The topological polar surface area (TPSA) is 94.0 Å². The van der Waals surface area contributed by atoms with Gasteiger partial charge >= 0.3 is 0 Å². The Morgan fingerprint density at radius 3 is 2.75 bits per heavy atom. The summed E-state index contributed by atoms with van der Waals surface area (Å²) in [6.07, 6.45) is 1.79. The Labute approximate surface area is 165 Å². The van der Waals surface area contributed by atoms with Gasteiger partial charge in [-0.3, -0.25) is 4.79 Å². The summed E-state index contributed by atoms with van der Waals surface area (Å²) in [6, 6.07) is 7.99. The molecule has 0 bridgehead atoms. The van der Waals surface area contributed by atoms with Crippen molar-refractivity contribution < 1.29 is 9.53 Å². The van der Waals surface area contributed by atoms with Crippen molar-refractivity contribution in [2.75, 3.05) is 26.1 Å². The number of amides is 1. The molecule has 0 saturated carbocycles. The van der Waals surface area contributed by atoms with E-state index in [0.29, 0.717) is 12.2 Å². The number of anilines is 1.